The predicted molar refractivity (Wildman–Crippen MR) is 171 cm³/mol. The van der Waals surface area contributed by atoms with Crippen LogP contribution >= 0.6 is 0 Å². The van der Waals surface area contributed by atoms with Crippen molar-refractivity contribution < 1.29 is 19.1 Å². The lowest BCUT2D eigenvalue weighted by Crippen LogP contribution is -2.14. The lowest BCUT2D eigenvalue weighted by molar-refractivity contribution is -0.133. The molecule has 4 nitrogen and oxygen atoms in total. The Morgan fingerprint density at radius 1 is 0.500 bits per heavy atom. The van der Waals surface area contributed by atoms with Crippen LogP contribution in [0.2, 0.25) is 0 Å². The number of carbonyl (C=O) groups excluding carboxylic acids is 2. The zero-order chi connectivity index (χ0) is 29.4. The molecule has 10 rings (SSSR count). The second-order valence-corrected chi connectivity index (χ2v) is 13.0. The molecule has 4 atom stereocenters. The van der Waals surface area contributed by atoms with Gasteiger partial charge in [0.2, 0.25) is 0 Å². The van der Waals surface area contributed by atoms with Crippen LogP contribution in [0.3, 0.4) is 0 Å². The molecule has 0 saturated carbocycles. The number of esters is 2. The first-order valence-corrected chi connectivity index (χ1v) is 15.5. The highest BCUT2D eigenvalue weighted by atomic mass is 16.5. The van der Waals surface area contributed by atoms with Crippen molar-refractivity contribution in [3.05, 3.63) is 129 Å². The first-order valence-electron chi connectivity index (χ1n) is 15.5. The summed E-state index contributed by atoms with van der Waals surface area (Å²) in [5.41, 5.74) is 9.96. The van der Waals surface area contributed by atoms with Crippen LogP contribution in [0.5, 0.6) is 11.5 Å². The van der Waals surface area contributed by atoms with Gasteiger partial charge >= 0.3 is 11.9 Å². The van der Waals surface area contributed by atoms with Crippen molar-refractivity contribution in [3.8, 4) is 11.5 Å². The highest BCUT2D eigenvalue weighted by molar-refractivity contribution is 6.02. The van der Waals surface area contributed by atoms with E-state index in [1.54, 1.807) is 0 Å². The largest absolute Gasteiger partial charge is 0.426 e. The van der Waals surface area contributed by atoms with E-state index in [0.717, 1.165) is 34.7 Å². The molecule has 0 amide bonds. The van der Waals surface area contributed by atoms with E-state index >= 15 is 0 Å². The van der Waals surface area contributed by atoms with E-state index in [2.05, 4.69) is 84.9 Å². The lowest BCUT2D eigenvalue weighted by Gasteiger charge is -2.27. The first-order chi connectivity index (χ1) is 21.4. The third-order valence-electron chi connectivity index (χ3n) is 10.8. The van der Waals surface area contributed by atoms with Gasteiger partial charge in [-0.05, 0) is 79.9 Å². The Balaban J connectivity index is 1.25. The monoisotopic (exact) mass is 572 g/mol. The molecule has 44 heavy (non-hydrogen) atoms. The van der Waals surface area contributed by atoms with E-state index in [1.807, 2.05) is 0 Å². The molecule has 0 spiro atoms. The van der Waals surface area contributed by atoms with Crippen LogP contribution in [0, 0.1) is 0 Å². The van der Waals surface area contributed by atoms with Crippen LogP contribution in [0.1, 0.15) is 94.9 Å². The van der Waals surface area contributed by atoms with Crippen LogP contribution in [0.15, 0.2) is 84.9 Å². The Morgan fingerprint density at radius 2 is 0.818 bits per heavy atom. The molecule has 0 N–H and O–H groups in total. The minimum absolute atomic E-state index is 0.0689. The third-order valence-corrected chi connectivity index (χ3v) is 10.8. The molecular weight excluding hydrogens is 544 g/mol. The first kappa shape index (κ1) is 24.5. The molecule has 0 saturated heterocycles. The minimum Gasteiger partial charge on any atom is -0.426 e. The fourth-order valence-electron chi connectivity index (χ4n) is 9.22. The van der Waals surface area contributed by atoms with Gasteiger partial charge < -0.3 is 9.47 Å². The summed E-state index contributed by atoms with van der Waals surface area (Å²) in [6.45, 7) is 2.95. The highest BCUT2D eigenvalue weighted by Crippen LogP contribution is 2.65. The number of ether oxygens (including phenoxy) is 2. The molecular formula is C40H28O4. The van der Waals surface area contributed by atoms with Gasteiger partial charge in [-0.25, -0.2) is 0 Å². The maximum atomic E-state index is 12.7. The van der Waals surface area contributed by atoms with Crippen molar-refractivity contribution in [1.29, 1.82) is 0 Å². The van der Waals surface area contributed by atoms with Crippen molar-refractivity contribution in [2.24, 2.45) is 0 Å². The van der Waals surface area contributed by atoms with Crippen LogP contribution < -0.4 is 9.47 Å². The summed E-state index contributed by atoms with van der Waals surface area (Å²) in [5, 5.41) is 6.65. The second-order valence-electron chi connectivity index (χ2n) is 13.0. The summed E-state index contributed by atoms with van der Waals surface area (Å²) in [5.74, 6) is 1.31. The fourth-order valence-corrected chi connectivity index (χ4v) is 9.22. The summed E-state index contributed by atoms with van der Waals surface area (Å²) in [6.07, 6.45) is 1.91. The maximum absolute atomic E-state index is 12.7. The molecule has 4 heteroatoms. The van der Waals surface area contributed by atoms with Crippen LogP contribution in [-0.4, -0.2) is 11.9 Å². The quantitative estimate of drug-likeness (QED) is 0.154. The van der Waals surface area contributed by atoms with E-state index in [4.69, 9.17) is 9.47 Å². The van der Waals surface area contributed by atoms with E-state index in [9.17, 15) is 9.59 Å². The molecule has 6 aromatic rings. The predicted octanol–water partition coefficient (Wildman–Crippen LogP) is 8.96. The zero-order valence-corrected chi connectivity index (χ0v) is 24.4. The topological polar surface area (TPSA) is 52.6 Å². The van der Waals surface area contributed by atoms with Gasteiger partial charge in [0.05, 0.1) is 0 Å². The van der Waals surface area contributed by atoms with Crippen LogP contribution in [0.4, 0.5) is 0 Å². The Bertz CT molecular complexity index is 2170. The number of carbonyl (C=O) groups is 2. The standard InChI is InChI=1S/C40H28O4/c1-19(41)43-39-35-16-31-29-15-30(26-12-22-8-4-3-7-21(22)11-25(26)29)32(31)17-36(35)40(44-20(2)42)38-34-18-33(37(38)39)27-13-23-9-5-6-10-24(23)14-28(27)34/h3-14,16-17,29-30,33-34H,15,18H2,1-2H3. The van der Waals surface area contributed by atoms with Gasteiger partial charge in [0.15, 0.2) is 0 Å². The summed E-state index contributed by atoms with van der Waals surface area (Å²) >= 11 is 0. The number of hydrogen-bond donors (Lipinski definition) is 0. The van der Waals surface area contributed by atoms with E-state index in [0.29, 0.717) is 11.5 Å². The molecule has 212 valence electrons. The van der Waals surface area contributed by atoms with Gasteiger partial charge in [-0.2, -0.15) is 0 Å². The highest BCUT2D eigenvalue weighted by Gasteiger charge is 2.48. The Morgan fingerprint density at radius 3 is 1.18 bits per heavy atom. The number of hydrogen-bond acceptors (Lipinski definition) is 4. The molecule has 4 unspecified atom stereocenters. The molecule has 0 fully saturated rings. The average molecular weight is 573 g/mol. The van der Waals surface area contributed by atoms with Crippen molar-refractivity contribution >= 4 is 44.3 Å². The molecule has 6 aromatic carbocycles. The molecule has 0 aromatic heterocycles. The van der Waals surface area contributed by atoms with E-state index in [-0.39, 0.29) is 35.6 Å². The lowest BCUT2D eigenvalue weighted by atomic mass is 9.79. The fraction of sp³-hybridized carbons (Fsp3) is 0.200. The van der Waals surface area contributed by atoms with Gasteiger partial charge in [0.1, 0.15) is 11.5 Å². The molecule has 4 bridgehead atoms. The Kier molecular flexibility index (Phi) is 4.65. The van der Waals surface area contributed by atoms with E-state index in [1.165, 1.54) is 68.8 Å². The maximum Gasteiger partial charge on any atom is 0.308 e. The van der Waals surface area contributed by atoms with Gasteiger partial charge in [-0.3, -0.25) is 9.59 Å². The van der Waals surface area contributed by atoms with Crippen LogP contribution in [-0.2, 0) is 9.59 Å². The SMILES string of the molecule is CC(=O)Oc1c2c(c(OC(C)=O)c3cc4c(cc13)C1CC4c3cc4ccccc4cc31)C1CC2c2cc3ccccc3cc21. The smallest absolute Gasteiger partial charge is 0.308 e. The van der Waals surface area contributed by atoms with Crippen molar-refractivity contribution in [2.75, 3.05) is 0 Å². The van der Waals surface area contributed by atoms with Gasteiger partial charge in [-0.15, -0.1) is 0 Å². The number of rotatable bonds is 2. The third kappa shape index (κ3) is 3.08. The van der Waals surface area contributed by atoms with Crippen LogP contribution in [0.25, 0.3) is 32.3 Å². The second kappa shape index (κ2) is 8.35. The molecule has 0 heterocycles. The van der Waals surface area contributed by atoms with Crippen molar-refractivity contribution in [3.63, 3.8) is 0 Å². The summed E-state index contributed by atoms with van der Waals surface area (Å²) < 4.78 is 12.3. The summed E-state index contributed by atoms with van der Waals surface area (Å²) in [7, 11) is 0. The molecule has 0 radical (unpaired) electrons. The number of benzene rings is 6. The van der Waals surface area contributed by atoms with E-state index < -0.39 is 0 Å². The molecule has 0 aliphatic heterocycles. The summed E-state index contributed by atoms with van der Waals surface area (Å²) in [4.78, 5) is 25.4. The van der Waals surface area contributed by atoms with Gasteiger partial charge in [0, 0.05) is 59.4 Å². The van der Waals surface area contributed by atoms with Gasteiger partial charge in [0.25, 0.3) is 0 Å². The normalized spacial score (nSPS) is 21.4. The zero-order valence-electron chi connectivity index (χ0n) is 24.4. The summed E-state index contributed by atoms with van der Waals surface area (Å²) in [6, 6.07) is 30.8. The van der Waals surface area contributed by atoms with Crippen molar-refractivity contribution in [1.82, 2.24) is 0 Å². The van der Waals surface area contributed by atoms with Gasteiger partial charge in [-0.1, -0.05) is 72.8 Å². The number of fused-ring (bicyclic) bond motifs is 19. The Labute approximate surface area is 254 Å². The Hall–Kier alpha value is -4.96. The van der Waals surface area contributed by atoms with Crippen molar-refractivity contribution in [2.45, 2.75) is 50.4 Å². The molecule has 4 aliphatic rings. The minimum atomic E-state index is -0.339. The average Bonchev–Trinajstić information content (AvgIpc) is 3.78. The molecule has 4 aliphatic carbocycles.